The second kappa shape index (κ2) is 10.6. The molecule has 2 heterocycles. The molecule has 4 N–H and O–H groups in total. The van der Waals surface area contributed by atoms with E-state index in [1.54, 1.807) is 13.3 Å². The molecule has 0 bridgehead atoms. The maximum atomic E-state index is 11.6. The van der Waals surface area contributed by atoms with E-state index in [-0.39, 0.29) is 30.3 Å². The summed E-state index contributed by atoms with van der Waals surface area (Å²) in [6.07, 6.45) is 2.75. The molecule has 2 rings (SSSR count). The average Bonchev–Trinajstić information content (AvgIpc) is 2.65. The van der Waals surface area contributed by atoms with Gasteiger partial charge in [0.05, 0.1) is 19.8 Å². The monoisotopic (exact) mass is 438 g/mol. The molecule has 0 aliphatic heterocycles. The number of methoxy groups -OCH3 is 1. The Morgan fingerprint density at radius 3 is 2.50 bits per heavy atom. The van der Waals surface area contributed by atoms with Crippen LogP contribution in [0.5, 0.6) is 5.88 Å². The van der Waals surface area contributed by atoms with Gasteiger partial charge >= 0.3 is 0 Å². The van der Waals surface area contributed by atoms with Crippen molar-refractivity contribution in [1.82, 2.24) is 19.9 Å². The molecule has 0 saturated heterocycles. The van der Waals surface area contributed by atoms with Crippen molar-refractivity contribution in [2.45, 2.75) is 51.3 Å². The van der Waals surface area contributed by atoms with Crippen LogP contribution in [0.25, 0.3) is 0 Å². The Bertz CT molecular complexity index is 938. The van der Waals surface area contributed by atoms with Gasteiger partial charge in [-0.1, -0.05) is 26.8 Å². The van der Waals surface area contributed by atoms with E-state index in [0.717, 1.165) is 5.56 Å². The number of pyridine rings is 1. The van der Waals surface area contributed by atoms with Gasteiger partial charge in [-0.05, 0) is 24.3 Å². The Labute approximate surface area is 177 Å². The van der Waals surface area contributed by atoms with Crippen LogP contribution in [0.4, 0.5) is 5.95 Å². The van der Waals surface area contributed by atoms with Crippen molar-refractivity contribution in [2.24, 2.45) is 11.1 Å². The molecule has 0 spiro atoms. The van der Waals surface area contributed by atoms with Gasteiger partial charge in [0.15, 0.2) is 5.82 Å². The highest BCUT2D eigenvalue weighted by Crippen LogP contribution is 2.26. The van der Waals surface area contributed by atoms with Crippen LogP contribution in [-0.2, 0) is 22.2 Å². The molecule has 11 heteroatoms. The molecule has 0 amide bonds. The third kappa shape index (κ3) is 7.47. The number of hydrogen-bond acceptors (Lipinski definition) is 9. The molecule has 0 saturated carbocycles. The molecule has 2 aromatic rings. The Morgan fingerprint density at radius 2 is 1.90 bits per heavy atom. The maximum Gasteiger partial charge on any atom is 0.226 e. The van der Waals surface area contributed by atoms with Crippen LogP contribution < -0.4 is 15.2 Å². The highest BCUT2D eigenvalue weighted by Gasteiger charge is 2.19. The fourth-order valence-electron chi connectivity index (χ4n) is 3.13. The summed E-state index contributed by atoms with van der Waals surface area (Å²) in [5.74, 6) is 0.981. The Hall–Kier alpha value is -2.37. The molecule has 2 atom stereocenters. The third-order valence-corrected chi connectivity index (χ3v) is 5.04. The van der Waals surface area contributed by atoms with Crippen LogP contribution in [0.2, 0.25) is 0 Å². The van der Waals surface area contributed by atoms with Gasteiger partial charge in [0.2, 0.25) is 21.9 Å². The van der Waals surface area contributed by atoms with Crippen molar-refractivity contribution < 1.29 is 18.3 Å². The van der Waals surface area contributed by atoms with E-state index >= 15 is 0 Å². The predicted molar refractivity (Wildman–Crippen MR) is 113 cm³/mol. The van der Waals surface area contributed by atoms with E-state index < -0.39 is 15.8 Å². The fourth-order valence-corrected chi connectivity index (χ4v) is 3.62. The zero-order valence-electron chi connectivity index (χ0n) is 17.7. The van der Waals surface area contributed by atoms with Crippen molar-refractivity contribution in [1.29, 1.82) is 0 Å². The maximum absolute atomic E-state index is 11.6. The number of aromatic nitrogens is 4. The topological polar surface area (TPSA) is 153 Å². The quantitative estimate of drug-likeness (QED) is 0.470. The van der Waals surface area contributed by atoms with Gasteiger partial charge in [0, 0.05) is 18.2 Å². The first-order chi connectivity index (χ1) is 14.1. The molecule has 0 fully saturated rings. The second-order valence-electron chi connectivity index (χ2n) is 7.66. The summed E-state index contributed by atoms with van der Waals surface area (Å²) < 4.78 is 28.5. The molecule has 0 aliphatic rings. The molecule has 166 valence electrons. The normalized spacial score (nSPS) is 13.8. The first-order valence-corrected chi connectivity index (χ1v) is 11.4. The lowest BCUT2D eigenvalue weighted by Crippen LogP contribution is -2.28. The standard InChI is InChI=1S/C19H30N6O4S/c1-12(2)8-14(10-26)22-19-24-16(23-17(25-19)11-30(20,27)28)9-13(3)15-6-5-7-21-18(15)29-4/h5-7,12-14,26H,8-11H2,1-4H3,(H2,20,27,28)(H,22,23,24,25)/t13-,14-/m1/s1. The summed E-state index contributed by atoms with van der Waals surface area (Å²) in [5, 5.41) is 17.9. The molecular formula is C19H30N6O4S. The Kier molecular flexibility index (Phi) is 8.44. The number of nitrogens with one attached hydrogen (secondary N) is 1. The van der Waals surface area contributed by atoms with Crippen LogP contribution >= 0.6 is 0 Å². The lowest BCUT2D eigenvalue weighted by atomic mass is 9.98. The molecule has 0 unspecified atom stereocenters. The number of anilines is 1. The van der Waals surface area contributed by atoms with Gasteiger partial charge < -0.3 is 15.2 Å². The fraction of sp³-hybridized carbons (Fsp3) is 0.579. The minimum atomic E-state index is -3.81. The largest absolute Gasteiger partial charge is 0.481 e. The summed E-state index contributed by atoms with van der Waals surface area (Å²) in [7, 11) is -2.26. The predicted octanol–water partition coefficient (Wildman–Crippen LogP) is 1.23. The van der Waals surface area contributed by atoms with Gasteiger partial charge in [0.1, 0.15) is 11.6 Å². The molecule has 0 aliphatic carbocycles. The molecule has 30 heavy (non-hydrogen) atoms. The number of primary sulfonamides is 1. The smallest absolute Gasteiger partial charge is 0.226 e. The van der Waals surface area contributed by atoms with Gasteiger partial charge in [-0.15, -0.1) is 0 Å². The van der Waals surface area contributed by atoms with E-state index in [0.29, 0.717) is 30.5 Å². The van der Waals surface area contributed by atoms with Crippen molar-refractivity contribution in [3.8, 4) is 5.88 Å². The summed E-state index contributed by atoms with van der Waals surface area (Å²) in [6, 6.07) is 3.46. The zero-order chi connectivity index (χ0) is 22.3. The summed E-state index contributed by atoms with van der Waals surface area (Å²) in [5.41, 5.74) is 0.885. The average molecular weight is 439 g/mol. The van der Waals surface area contributed by atoms with Gasteiger partial charge in [-0.2, -0.15) is 9.97 Å². The van der Waals surface area contributed by atoms with Gasteiger partial charge in [0.25, 0.3) is 0 Å². The minimum Gasteiger partial charge on any atom is -0.481 e. The lowest BCUT2D eigenvalue weighted by Gasteiger charge is -2.19. The van der Waals surface area contributed by atoms with E-state index in [2.05, 4.69) is 25.3 Å². The third-order valence-electron chi connectivity index (χ3n) is 4.38. The lowest BCUT2D eigenvalue weighted by molar-refractivity contribution is 0.259. The summed E-state index contributed by atoms with van der Waals surface area (Å²) >= 11 is 0. The first-order valence-electron chi connectivity index (χ1n) is 9.71. The number of sulfonamides is 1. The van der Waals surface area contributed by atoms with Crippen molar-refractivity contribution in [2.75, 3.05) is 19.0 Å². The number of aliphatic hydroxyl groups excluding tert-OH is 1. The van der Waals surface area contributed by atoms with Crippen LogP contribution in [0.15, 0.2) is 18.3 Å². The zero-order valence-corrected chi connectivity index (χ0v) is 18.6. The van der Waals surface area contributed by atoms with Crippen LogP contribution in [0.3, 0.4) is 0 Å². The number of rotatable bonds is 11. The Morgan fingerprint density at radius 1 is 1.20 bits per heavy atom. The molecule has 10 nitrogen and oxygen atoms in total. The molecule has 0 radical (unpaired) electrons. The van der Waals surface area contributed by atoms with Crippen LogP contribution in [0.1, 0.15) is 50.3 Å². The van der Waals surface area contributed by atoms with Crippen LogP contribution in [0, 0.1) is 5.92 Å². The van der Waals surface area contributed by atoms with E-state index in [9.17, 15) is 13.5 Å². The van der Waals surface area contributed by atoms with Crippen LogP contribution in [-0.4, -0.2) is 53.2 Å². The highest BCUT2D eigenvalue weighted by molar-refractivity contribution is 7.88. The number of aliphatic hydroxyl groups is 1. The highest BCUT2D eigenvalue weighted by atomic mass is 32.2. The minimum absolute atomic E-state index is 0.0458. The van der Waals surface area contributed by atoms with Crippen molar-refractivity contribution >= 4 is 16.0 Å². The molecule has 0 aromatic carbocycles. The van der Waals surface area contributed by atoms with E-state index in [4.69, 9.17) is 9.88 Å². The first kappa shape index (κ1) is 23.9. The summed E-state index contributed by atoms with van der Waals surface area (Å²) in [6.45, 7) is 5.95. The molecular weight excluding hydrogens is 408 g/mol. The summed E-state index contributed by atoms with van der Waals surface area (Å²) in [4.78, 5) is 17.1. The number of nitrogens with two attached hydrogens (primary N) is 1. The van der Waals surface area contributed by atoms with Gasteiger partial charge in [-0.25, -0.2) is 23.5 Å². The van der Waals surface area contributed by atoms with Crippen molar-refractivity contribution in [3.05, 3.63) is 35.5 Å². The SMILES string of the molecule is COc1ncccc1[C@H](C)Cc1nc(CS(N)(=O)=O)nc(N[C@@H](CO)CC(C)C)n1. The molecule has 2 aromatic heterocycles. The van der Waals surface area contributed by atoms with Gasteiger partial charge in [-0.3, -0.25) is 0 Å². The van der Waals surface area contributed by atoms with Crippen molar-refractivity contribution in [3.63, 3.8) is 0 Å². The number of nitrogens with zero attached hydrogens (tertiary/aromatic N) is 4. The van der Waals surface area contributed by atoms with E-state index in [1.807, 2.05) is 32.9 Å². The Balaban J connectivity index is 2.33. The number of ether oxygens (including phenoxy) is 1. The van der Waals surface area contributed by atoms with E-state index in [1.165, 1.54) is 0 Å². The number of hydrogen-bond donors (Lipinski definition) is 3. The second-order valence-corrected chi connectivity index (χ2v) is 9.27.